The first-order valence-corrected chi connectivity index (χ1v) is 9.62. The quantitative estimate of drug-likeness (QED) is 0.793. The number of carbonyl (C=O) groups excluding carboxylic acids is 1. The van der Waals surface area contributed by atoms with E-state index in [9.17, 15) is 4.79 Å². The van der Waals surface area contributed by atoms with E-state index in [1.54, 1.807) is 24.3 Å². The fourth-order valence-electron chi connectivity index (χ4n) is 3.21. The van der Waals surface area contributed by atoms with Crippen molar-refractivity contribution in [1.82, 2.24) is 15.1 Å². The predicted octanol–water partition coefficient (Wildman–Crippen LogP) is 2.82. The topological polar surface area (TPSA) is 44.8 Å². The van der Waals surface area contributed by atoms with Crippen molar-refractivity contribution in [3.8, 4) is 5.75 Å². The van der Waals surface area contributed by atoms with E-state index in [0.717, 1.165) is 26.2 Å². The van der Waals surface area contributed by atoms with E-state index in [-0.39, 0.29) is 18.6 Å². The summed E-state index contributed by atoms with van der Waals surface area (Å²) in [5.74, 6) is 0.508. The maximum absolute atomic E-state index is 12.3. The number of carbonyl (C=O) groups is 1. The number of hydrogen-bond acceptors (Lipinski definition) is 4. The van der Waals surface area contributed by atoms with Crippen LogP contribution in [0.3, 0.4) is 0 Å². The van der Waals surface area contributed by atoms with Gasteiger partial charge in [0.15, 0.2) is 6.61 Å². The van der Waals surface area contributed by atoms with Crippen LogP contribution in [0.1, 0.15) is 11.6 Å². The minimum atomic E-state index is -0.125. The van der Waals surface area contributed by atoms with Crippen LogP contribution in [0.4, 0.5) is 0 Å². The smallest absolute Gasteiger partial charge is 0.258 e. The van der Waals surface area contributed by atoms with Crippen molar-refractivity contribution in [2.45, 2.75) is 6.04 Å². The summed E-state index contributed by atoms with van der Waals surface area (Å²) in [6.07, 6.45) is 0. The van der Waals surface area contributed by atoms with E-state index >= 15 is 0 Å². The van der Waals surface area contributed by atoms with Gasteiger partial charge in [-0.1, -0.05) is 41.9 Å². The molecule has 0 radical (unpaired) electrons. The molecule has 144 valence electrons. The molecule has 1 saturated heterocycles. The molecule has 1 aliphatic heterocycles. The first-order chi connectivity index (χ1) is 13.1. The number of rotatable bonds is 7. The number of piperazine rings is 1. The van der Waals surface area contributed by atoms with Crippen LogP contribution in [-0.2, 0) is 4.79 Å². The summed E-state index contributed by atoms with van der Waals surface area (Å²) >= 11 is 5.86. The molecule has 0 bridgehead atoms. The highest BCUT2D eigenvalue weighted by Gasteiger charge is 2.24. The van der Waals surface area contributed by atoms with Gasteiger partial charge in [-0.3, -0.25) is 9.69 Å². The lowest BCUT2D eigenvalue weighted by Gasteiger charge is -2.38. The van der Waals surface area contributed by atoms with Gasteiger partial charge >= 0.3 is 0 Å². The molecular weight excluding hydrogens is 362 g/mol. The molecule has 0 aromatic heterocycles. The number of benzene rings is 2. The van der Waals surface area contributed by atoms with Gasteiger partial charge in [0.2, 0.25) is 0 Å². The normalized spacial score (nSPS) is 16.7. The Kier molecular flexibility index (Phi) is 7.10. The predicted molar refractivity (Wildman–Crippen MR) is 108 cm³/mol. The molecule has 0 saturated carbocycles. The molecule has 1 fully saturated rings. The molecule has 2 aromatic rings. The third-order valence-corrected chi connectivity index (χ3v) is 5.09. The highest BCUT2D eigenvalue weighted by Crippen LogP contribution is 2.21. The van der Waals surface area contributed by atoms with Crippen LogP contribution in [0.15, 0.2) is 54.6 Å². The molecule has 1 aliphatic rings. The summed E-state index contributed by atoms with van der Waals surface area (Å²) in [4.78, 5) is 17.0. The number of nitrogens with one attached hydrogen (secondary N) is 1. The highest BCUT2D eigenvalue weighted by atomic mass is 35.5. The molecule has 1 unspecified atom stereocenters. The Labute approximate surface area is 165 Å². The first kappa shape index (κ1) is 19.7. The first-order valence-electron chi connectivity index (χ1n) is 9.24. The Morgan fingerprint density at radius 2 is 1.74 bits per heavy atom. The third kappa shape index (κ3) is 5.96. The second kappa shape index (κ2) is 9.74. The number of halogens is 1. The van der Waals surface area contributed by atoms with Crippen molar-refractivity contribution < 1.29 is 9.53 Å². The van der Waals surface area contributed by atoms with Crippen molar-refractivity contribution in [3.63, 3.8) is 0 Å². The fourth-order valence-corrected chi connectivity index (χ4v) is 3.33. The molecule has 2 aromatic carbocycles. The van der Waals surface area contributed by atoms with Gasteiger partial charge in [-0.15, -0.1) is 0 Å². The second-order valence-electron chi connectivity index (χ2n) is 6.81. The van der Waals surface area contributed by atoms with Crippen LogP contribution in [-0.4, -0.2) is 62.1 Å². The zero-order valence-electron chi connectivity index (χ0n) is 15.6. The molecule has 1 N–H and O–H groups in total. The summed E-state index contributed by atoms with van der Waals surface area (Å²) in [5.41, 5.74) is 1.22. The average molecular weight is 388 g/mol. The second-order valence-corrected chi connectivity index (χ2v) is 7.25. The Hall–Kier alpha value is -2.08. The lowest BCUT2D eigenvalue weighted by atomic mass is 10.0. The largest absolute Gasteiger partial charge is 0.484 e. The van der Waals surface area contributed by atoms with E-state index < -0.39 is 0 Å². The monoisotopic (exact) mass is 387 g/mol. The maximum Gasteiger partial charge on any atom is 0.258 e. The lowest BCUT2D eigenvalue weighted by Crippen LogP contribution is -2.48. The van der Waals surface area contributed by atoms with Gasteiger partial charge in [0.05, 0.1) is 6.04 Å². The van der Waals surface area contributed by atoms with Crippen LogP contribution in [0.2, 0.25) is 5.02 Å². The van der Waals surface area contributed by atoms with Gasteiger partial charge in [-0.25, -0.2) is 0 Å². The van der Waals surface area contributed by atoms with Crippen LogP contribution in [0.5, 0.6) is 5.75 Å². The molecular formula is C21H26ClN3O2. The van der Waals surface area contributed by atoms with Crippen molar-refractivity contribution in [3.05, 3.63) is 65.2 Å². The van der Waals surface area contributed by atoms with E-state index in [0.29, 0.717) is 17.3 Å². The van der Waals surface area contributed by atoms with Gasteiger partial charge in [0.1, 0.15) is 5.75 Å². The number of ether oxygens (including phenoxy) is 1. The van der Waals surface area contributed by atoms with Crippen molar-refractivity contribution in [2.24, 2.45) is 0 Å². The average Bonchev–Trinajstić information content (AvgIpc) is 2.70. The molecule has 1 heterocycles. The molecule has 1 amide bonds. The van der Waals surface area contributed by atoms with Crippen molar-refractivity contribution >= 4 is 17.5 Å². The number of amides is 1. The van der Waals surface area contributed by atoms with Gasteiger partial charge in [-0.05, 0) is 36.9 Å². The van der Waals surface area contributed by atoms with Crippen molar-refractivity contribution in [1.29, 1.82) is 0 Å². The zero-order valence-corrected chi connectivity index (χ0v) is 16.4. The molecule has 0 spiro atoms. The summed E-state index contributed by atoms with van der Waals surface area (Å²) in [6.45, 7) is 4.62. The summed E-state index contributed by atoms with van der Waals surface area (Å²) in [6, 6.07) is 17.5. The molecule has 1 atom stereocenters. The van der Waals surface area contributed by atoms with E-state index in [1.165, 1.54) is 5.56 Å². The van der Waals surface area contributed by atoms with Gasteiger partial charge in [0.25, 0.3) is 5.91 Å². The van der Waals surface area contributed by atoms with E-state index in [2.05, 4.69) is 34.3 Å². The van der Waals surface area contributed by atoms with Gasteiger partial charge in [0, 0.05) is 37.7 Å². The van der Waals surface area contributed by atoms with E-state index in [4.69, 9.17) is 16.3 Å². The van der Waals surface area contributed by atoms with Gasteiger partial charge < -0.3 is 15.0 Å². The van der Waals surface area contributed by atoms with Crippen LogP contribution < -0.4 is 10.1 Å². The Balaban J connectivity index is 1.55. The van der Waals surface area contributed by atoms with Crippen LogP contribution in [0.25, 0.3) is 0 Å². The summed E-state index contributed by atoms with van der Waals surface area (Å²) < 4.78 is 5.53. The SMILES string of the molecule is CN1CCN(C(CNC(=O)COc2ccc(Cl)cc2)c2ccccc2)CC1. The Bertz CT molecular complexity index is 716. The maximum atomic E-state index is 12.3. The number of nitrogens with zero attached hydrogens (tertiary/aromatic N) is 2. The molecule has 0 aliphatic carbocycles. The summed E-state index contributed by atoms with van der Waals surface area (Å²) in [7, 11) is 2.14. The zero-order chi connectivity index (χ0) is 19.1. The van der Waals surface area contributed by atoms with Gasteiger partial charge in [-0.2, -0.15) is 0 Å². The molecule has 5 nitrogen and oxygen atoms in total. The van der Waals surface area contributed by atoms with Crippen molar-refractivity contribution in [2.75, 3.05) is 46.4 Å². The molecule has 27 heavy (non-hydrogen) atoms. The lowest BCUT2D eigenvalue weighted by molar-refractivity contribution is -0.123. The Morgan fingerprint density at radius 1 is 1.07 bits per heavy atom. The highest BCUT2D eigenvalue weighted by molar-refractivity contribution is 6.30. The fraction of sp³-hybridized carbons (Fsp3) is 0.381. The third-order valence-electron chi connectivity index (χ3n) is 4.84. The number of likely N-dealkylation sites (N-methyl/N-ethyl adjacent to an activating group) is 1. The minimum absolute atomic E-state index is 0.00806. The number of hydrogen-bond donors (Lipinski definition) is 1. The standard InChI is InChI=1S/C21H26ClN3O2/c1-24-11-13-25(14-12-24)20(17-5-3-2-4-6-17)15-23-21(26)16-27-19-9-7-18(22)8-10-19/h2-10,20H,11-16H2,1H3,(H,23,26). The van der Waals surface area contributed by atoms with E-state index in [1.807, 2.05) is 18.2 Å². The molecule has 3 rings (SSSR count). The van der Waals surface area contributed by atoms with Crippen LogP contribution >= 0.6 is 11.6 Å². The minimum Gasteiger partial charge on any atom is -0.484 e. The molecule has 6 heteroatoms. The summed E-state index contributed by atoms with van der Waals surface area (Å²) in [5, 5.41) is 3.67. The Morgan fingerprint density at radius 3 is 2.41 bits per heavy atom. The van der Waals surface area contributed by atoms with Crippen LogP contribution in [0, 0.1) is 0 Å².